The lowest BCUT2D eigenvalue weighted by Gasteiger charge is -2.32. The number of aromatic nitrogens is 1. The SMILES string of the molecule is C[C@H]1CN(Cc2ccc(N(C)C(=O)c3ccc(-c4cccc(F)c4)nc3)cc2F)CCN1. The van der Waals surface area contributed by atoms with Gasteiger partial charge >= 0.3 is 0 Å². The third-order valence-electron chi connectivity index (χ3n) is 5.71. The largest absolute Gasteiger partial charge is 0.312 e. The lowest BCUT2D eigenvalue weighted by molar-refractivity contribution is 0.0992. The molecule has 1 fully saturated rings. The summed E-state index contributed by atoms with van der Waals surface area (Å²) in [6.45, 7) is 5.30. The molecule has 3 aromatic rings. The number of rotatable bonds is 5. The van der Waals surface area contributed by atoms with Gasteiger partial charge in [0, 0.05) is 62.3 Å². The van der Waals surface area contributed by atoms with Gasteiger partial charge in [0.05, 0.1) is 11.3 Å². The molecule has 1 aliphatic heterocycles. The van der Waals surface area contributed by atoms with E-state index in [0.717, 1.165) is 19.6 Å². The van der Waals surface area contributed by atoms with Crippen molar-refractivity contribution in [3.05, 3.63) is 83.6 Å². The monoisotopic (exact) mass is 436 g/mol. The molecule has 2 aromatic carbocycles. The van der Waals surface area contributed by atoms with Crippen molar-refractivity contribution in [2.75, 3.05) is 31.6 Å². The van der Waals surface area contributed by atoms with E-state index in [9.17, 15) is 13.6 Å². The van der Waals surface area contributed by atoms with Gasteiger partial charge < -0.3 is 10.2 Å². The van der Waals surface area contributed by atoms with E-state index in [-0.39, 0.29) is 17.5 Å². The number of hydrogen-bond donors (Lipinski definition) is 1. The lowest BCUT2D eigenvalue weighted by Crippen LogP contribution is -2.48. The molecule has 1 saturated heterocycles. The molecule has 5 nitrogen and oxygen atoms in total. The minimum Gasteiger partial charge on any atom is -0.312 e. The van der Waals surface area contributed by atoms with Crippen molar-refractivity contribution in [2.24, 2.45) is 0 Å². The van der Waals surface area contributed by atoms with E-state index in [0.29, 0.717) is 40.7 Å². The molecule has 0 spiro atoms. The maximum Gasteiger partial charge on any atom is 0.259 e. The van der Waals surface area contributed by atoms with E-state index < -0.39 is 0 Å². The number of piperazine rings is 1. The first kappa shape index (κ1) is 22.0. The second kappa shape index (κ2) is 9.54. The van der Waals surface area contributed by atoms with Crippen LogP contribution in [0.2, 0.25) is 0 Å². The van der Waals surface area contributed by atoms with Gasteiger partial charge in [-0.05, 0) is 43.3 Å². The van der Waals surface area contributed by atoms with Crippen LogP contribution >= 0.6 is 0 Å². The van der Waals surface area contributed by atoms with E-state index in [1.54, 1.807) is 43.4 Å². The molecule has 1 aliphatic rings. The second-order valence-electron chi connectivity index (χ2n) is 8.17. The topological polar surface area (TPSA) is 48.5 Å². The Balaban J connectivity index is 1.46. The summed E-state index contributed by atoms with van der Waals surface area (Å²) < 4.78 is 28.2. The molecular formula is C25H26F2N4O. The van der Waals surface area contributed by atoms with E-state index in [2.05, 4.69) is 22.1 Å². The summed E-state index contributed by atoms with van der Waals surface area (Å²) >= 11 is 0. The number of amides is 1. The first-order chi connectivity index (χ1) is 15.4. The fourth-order valence-corrected chi connectivity index (χ4v) is 3.92. The summed E-state index contributed by atoms with van der Waals surface area (Å²) in [6.07, 6.45) is 1.45. The Kier molecular flexibility index (Phi) is 6.58. The molecule has 4 rings (SSSR count). The van der Waals surface area contributed by atoms with E-state index in [4.69, 9.17) is 0 Å². The fraction of sp³-hybridized carbons (Fsp3) is 0.280. The van der Waals surface area contributed by atoms with Gasteiger partial charge in [-0.15, -0.1) is 0 Å². The lowest BCUT2D eigenvalue weighted by atomic mass is 10.1. The number of benzene rings is 2. The Bertz CT molecular complexity index is 1100. The Labute approximate surface area is 186 Å². The van der Waals surface area contributed by atoms with Crippen LogP contribution in [0.1, 0.15) is 22.8 Å². The van der Waals surface area contributed by atoms with Gasteiger partial charge in [-0.2, -0.15) is 0 Å². The van der Waals surface area contributed by atoms with Crippen molar-refractivity contribution in [1.82, 2.24) is 15.2 Å². The highest BCUT2D eigenvalue weighted by atomic mass is 19.1. The zero-order valence-corrected chi connectivity index (χ0v) is 18.2. The van der Waals surface area contributed by atoms with E-state index in [1.807, 2.05) is 0 Å². The molecule has 32 heavy (non-hydrogen) atoms. The number of carbonyl (C=O) groups excluding carboxylic acids is 1. The summed E-state index contributed by atoms with van der Waals surface area (Å²) in [5, 5.41) is 3.38. The van der Waals surface area contributed by atoms with Crippen molar-refractivity contribution in [3.8, 4) is 11.3 Å². The average molecular weight is 437 g/mol. The molecule has 0 aliphatic carbocycles. The second-order valence-corrected chi connectivity index (χ2v) is 8.17. The standard InChI is InChI=1S/C25H26F2N4O/c1-17-15-31(11-10-28-17)16-20-6-8-22(13-23(20)27)30(2)25(32)19-7-9-24(29-14-19)18-4-3-5-21(26)12-18/h3-9,12-14,17,28H,10-11,15-16H2,1-2H3/t17-/m0/s1. The highest BCUT2D eigenvalue weighted by Gasteiger charge is 2.19. The summed E-state index contributed by atoms with van der Waals surface area (Å²) in [5.41, 5.74) is 2.66. The minimum atomic E-state index is -0.346. The first-order valence-electron chi connectivity index (χ1n) is 10.6. The third kappa shape index (κ3) is 5.00. The van der Waals surface area contributed by atoms with Crippen molar-refractivity contribution >= 4 is 11.6 Å². The van der Waals surface area contributed by atoms with Crippen LogP contribution in [0.3, 0.4) is 0 Å². The molecule has 1 amide bonds. The quantitative estimate of drug-likeness (QED) is 0.654. The van der Waals surface area contributed by atoms with Crippen LogP contribution in [-0.4, -0.2) is 48.5 Å². The number of pyridine rings is 1. The molecule has 7 heteroatoms. The maximum absolute atomic E-state index is 14.8. The fourth-order valence-electron chi connectivity index (χ4n) is 3.92. The number of nitrogens with one attached hydrogen (secondary N) is 1. The summed E-state index contributed by atoms with van der Waals surface area (Å²) in [5.74, 6) is -0.972. The molecule has 0 unspecified atom stereocenters. The summed E-state index contributed by atoms with van der Waals surface area (Å²) in [6, 6.07) is 14.7. The van der Waals surface area contributed by atoms with Gasteiger partial charge in [0.2, 0.25) is 0 Å². The highest BCUT2D eigenvalue weighted by Crippen LogP contribution is 2.22. The molecule has 2 heterocycles. The molecule has 0 radical (unpaired) electrons. The molecule has 1 atom stereocenters. The zero-order valence-electron chi connectivity index (χ0n) is 18.2. The predicted molar refractivity (Wildman–Crippen MR) is 122 cm³/mol. The van der Waals surface area contributed by atoms with Gasteiger partial charge in [0.25, 0.3) is 5.91 Å². The van der Waals surface area contributed by atoms with Crippen LogP contribution in [-0.2, 0) is 6.54 Å². The van der Waals surface area contributed by atoms with Crippen molar-refractivity contribution in [3.63, 3.8) is 0 Å². The van der Waals surface area contributed by atoms with Crippen molar-refractivity contribution in [1.29, 1.82) is 0 Å². The zero-order chi connectivity index (χ0) is 22.7. The molecule has 1 aromatic heterocycles. The molecule has 0 saturated carbocycles. The van der Waals surface area contributed by atoms with Crippen LogP contribution in [0.15, 0.2) is 60.8 Å². The van der Waals surface area contributed by atoms with Gasteiger partial charge in [-0.25, -0.2) is 8.78 Å². The Morgan fingerprint density at radius 3 is 2.72 bits per heavy atom. The number of carbonyl (C=O) groups is 1. The van der Waals surface area contributed by atoms with Crippen LogP contribution in [0.25, 0.3) is 11.3 Å². The maximum atomic E-state index is 14.8. The minimum absolute atomic E-state index is 0.300. The van der Waals surface area contributed by atoms with Crippen molar-refractivity contribution < 1.29 is 13.6 Å². The molecular weight excluding hydrogens is 410 g/mol. The van der Waals surface area contributed by atoms with Gasteiger partial charge in [0.15, 0.2) is 0 Å². The smallest absolute Gasteiger partial charge is 0.259 e. The summed E-state index contributed by atoms with van der Waals surface area (Å²) in [7, 11) is 1.61. The van der Waals surface area contributed by atoms with Gasteiger partial charge in [-0.1, -0.05) is 18.2 Å². The van der Waals surface area contributed by atoms with Crippen LogP contribution in [0.4, 0.5) is 14.5 Å². The first-order valence-corrected chi connectivity index (χ1v) is 10.6. The number of nitrogens with zero attached hydrogens (tertiary/aromatic N) is 3. The van der Waals surface area contributed by atoms with Gasteiger partial charge in [-0.3, -0.25) is 14.7 Å². The number of hydrogen-bond acceptors (Lipinski definition) is 4. The average Bonchev–Trinajstić information content (AvgIpc) is 2.79. The van der Waals surface area contributed by atoms with E-state index in [1.165, 1.54) is 29.3 Å². The number of anilines is 1. The van der Waals surface area contributed by atoms with Gasteiger partial charge in [0.1, 0.15) is 11.6 Å². The van der Waals surface area contributed by atoms with Crippen LogP contribution in [0.5, 0.6) is 0 Å². The normalized spacial score (nSPS) is 16.7. The number of halogens is 2. The summed E-state index contributed by atoms with van der Waals surface area (Å²) in [4.78, 5) is 20.8. The Hall–Kier alpha value is -3.16. The Morgan fingerprint density at radius 1 is 1.19 bits per heavy atom. The van der Waals surface area contributed by atoms with Crippen LogP contribution < -0.4 is 10.2 Å². The Morgan fingerprint density at radius 2 is 2.03 bits per heavy atom. The third-order valence-corrected chi connectivity index (χ3v) is 5.71. The predicted octanol–water partition coefficient (Wildman–Crippen LogP) is 4.10. The molecule has 1 N–H and O–H groups in total. The molecule has 166 valence electrons. The molecule has 0 bridgehead atoms. The van der Waals surface area contributed by atoms with Crippen molar-refractivity contribution in [2.45, 2.75) is 19.5 Å². The highest BCUT2D eigenvalue weighted by molar-refractivity contribution is 6.05. The van der Waals surface area contributed by atoms with E-state index >= 15 is 0 Å². The van der Waals surface area contributed by atoms with Crippen LogP contribution in [0, 0.1) is 11.6 Å².